The maximum atomic E-state index is 9.38. The van der Waals surface area contributed by atoms with E-state index in [1.165, 1.54) is 5.56 Å². The summed E-state index contributed by atoms with van der Waals surface area (Å²) >= 11 is 0. The zero-order chi connectivity index (χ0) is 10.8. The number of aromatic nitrogens is 1. The number of aryl methyl sites for hydroxylation is 1. The van der Waals surface area contributed by atoms with Crippen LogP contribution in [0.3, 0.4) is 0 Å². The molecule has 14 heavy (non-hydrogen) atoms. The van der Waals surface area contributed by atoms with Gasteiger partial charge in [0.2, 0.25) is 0 Å². The van der Waals surface area contributed by atoms with Gasteiger partial charge in [-0.05, 0) is 37.3 Å². The van der Waals surface area contributed by atoms with Crippen molar-refractivity contribution >= 4 is 0 Å². The molecule has 0 aliphatic rings. The highest BCUT2D eigenvalue weighted by atomic mass is 16.3. The number of aliphatic hydroxyl groups is 1. The summed E-state index contributed by atoms with van der Waals surface area (Å²) in [6, 6.07) is 4.10. The summed E-state index contributed by atoms with van der Waals surface area (Å²) in [6.45, 7) is 8.06. The standard InChI is InChI=1S/C12H19NO/c1-9-5-6-11(8-13-9)12(3,4)7-10(2)14/h5-6,8,10,14H,7H2,1-4H3. The normalized spacial score (nSPS) is 14.1. The largest absolute Gasteiger partial charge is 0.393 e. The molecule has 0 spiro atoms. The lowest BCUT2D eigenvalue weighted by atomic mass is 9.81. The molecule has 2 heteroatoms. The Bertz CT molecular complexity index is 288. The zero-order valence-corrected chi connectivity index (χ0v) is 9.41. The van der Waals surface area contributed by atoms with Crippen LogP contribution in [0.1, 0.15) is 38.4 Å². The Morgan fingerprint density at radius 1 is 1.43 bits per heavy atom. The second-order valence-corrected chi connectivity index (χ2v) is 4.63. The third-order valence-corrected chi connectivity index (χ3v) is 2.50. The third-order valence-electron chi connectivity index (χ3n) is 2.50. The molecule has 1 aromatic rings. The molecule has 0 radical (unpaired) electrons. The molecule has 0 fully saturated rings. The van der Waals surface area contributed by atoms with Crippen LogP contribution in [0.15, 0.2) is 18.3 Å². The predicted molar refractivity (Wildman–Crippen MR) is 58.3 cm³/mol. The van der Waals surface area contributed by atoms with Crippen LogP contribution in [0, 0.1) is 6.92 Å². The Hall–Kier alpha value is -0.890. The fraction of sp³-hybridized carbons (Fsp3) is 0.583. The number of pyridine rings is 1. The summed E-state index contributed by atoms with van der Waals surface area (Å²) in [5.74, 6) is 0. The van der Waals surface area contributed by atoms with Crippen molar-refractivity contribution in [3.05, 3.63) is 29.6 Å². The van der Waals surface area contributed by atoms with Crippen molar-refractivity contribution in [2.75, 3.05) is 0 Å². The average Bonchev–Trinajstić information content (AvgIpc) is 2.02. The summed E-state index contributed by atoms with van der Waals surface area (Å²) in [5, 5.41) is 9.38. The maximum absolute atomic E-state index is 9.38. The summed E-state index contributed by atoms with van der Waals surface area (Å²) in [4.78, 5) is 4.27. The number of hydrogen-bond donors (Lipinski definition) is 1. The first-order valence-corrected chi connectivity index (χ1v) is 5.03. The molecule has 0 aromatic carbocycles. The van der Waals surface area contributed by atoms with E-state index < -0.39 is 0 Å². The second-order valence-electron chi connectivity index (χ2n) is 4.63. The molecule has 78 valence electrons. The first-order chi connectivity index (χ1) is 6.42. The summed E-state index contributed by atoms with van der Waals surface area (Å²) in [7, 11) is 0. The Balaban J connectivity index is 2.86. The van der Waals surface area contributed by atoms with Crippen LogP contribution in [-0.2, 0) is 5.41 Å². The molecule has 1 N–H and O–H groups in total. The number of aliphatic hydroxyl groups excluding tert-OH is 1. The minimum atomic E-state index is -0.272. The van der Waals surface area contributed by atoms with Gasteiger partial charge in [-0.25, -0.2) is 0 Å². The summed E-state index contributed by atoms with van der Waals surface area (Å²) in [5.41, 5.74) is 2.21. The summed E-state index contributed by atoms with van der Waals surface area (Å²) in [6.07, 6.45) is 2.39. The fourth-order valence-electron chi connectivity index (χ4n) is 1.72. The van der Waals surface area contributed by atoms with Gasteiger partial charge >= 0.3 is 0 Å². The van der Waals surface area contributed by atoms with Crippen LogP contribution in [0.4, 0.5) is 0 Å². The van der Waals surface area contributed by atoms with E-state index in [2.05, 4.69) is 24.9 Å². The van der Waals surface area contributed by atoms with Crippen LogP contribution >= 0.6 is 0 Å². The molecule has 1 aromatic heterocycles. The molecule has 0 aliphatic carbocycles. The minimum Gasteiger partial charge on any atom is -0.393 e. The number of hydrogen-bond acceptors (Lipinski definition) is 2. The third kappa shape index (κ3) is 2.81. The lowest BCUT2D eigenvalue weighted by Gasteiger charge is -2.26. The molecule has 1 rings (SSSR count). The van der Waals surface area contributed by atoms with E-state index in [1.807, 2.05) is 26.1 Å². The van der Waals surface area contributed by atoms with Crippen molar-refractivity contribution in [2.24, 2.45) is 0 Å². The van der Waals surface area contributed by atoms with Gasteiger partial charge < -0.3 is 5.11 Å². The van der Waals surface area contributed by atoms with E-state index in [1.54, 1.807) is 0 Å². The van der Waals surface area contributed by atoms with Crippen LogP contribution in [0.5, 0.6) is 0 Å². The molecule has 0 amide bonds. The van der Waals surface area contributed by atoms with Gasteiger partial charge in [0.15, 0.2) is 0 Å². The molecule has 2 nitrogen and oxygen atoms in total. The smallest absolute Gasteiger partial charge is 0.0520 e. The predicted octanol–water partition coefficient (Wildman–Crippen LogP) is 2.44. The highest BCUT2D eigenvalue weighted by molar-refractivity contribution is 5.21. The molecule has 0 saturated carbocycles. The molecule has 0 aliphatic heterocycles. The Labute approximate surface area is 86.0 Å². The Morgan fingerprint density at radius 3 is 2.50 bits per heavy atom. The van der Waals surface area contributed by atoms with E-state index in [4.69, 9.17) is 0 Å². The van der Waals surface area contributed by atoms with Crippen molar-refractivity contribution in [3.63, 3.8) is 0 Å². The van der Waals surface area contributed by atoms with E-state index >= 15 is 0 Å². The van der Waals surface area contributed by atoms with Crippen molar-refractivity contribution in [2.45, 2.75) is 45.6 Å². The molecule has 1 atom stereocenters. The SMILES string of the molecule is Cc1ccc(C(C)(C)CC(C)O)cn1. The van der Waals surface area contributed by atoms with Crippen LogP contribution < -0.4 is 0 Å². The Kier molecular flexibility index (Phi) is 3.27. The van der Waals surface area contributed by atoms with Crippen molar-refractivity contribution in [1.82, 2.24) is 4.98 Å². The van der Waals surface area contributed by atoms with Crippen LogP contribution in [0.25, 0.3) is 0 Å². The molecule has 0 saturated heterocycles. The molecule has 0 bridgehead atoms. The number of nitrogens with zero attached hydrogens (tertiary/aromatic N) is 1. The topological polar surface area (TPSA) is 33.1 Å². The zero-order valence-electron chi connectivity index (χ0n) is 9.41. The van der Waals surface area contributed by atoms with E-state index in [0.717, 1.165) is 12.1 Å². The quantitative estimate of drug-likeness (QED) is 0.799. The van der Waals surface area contributed by atoms with Gasteiger partial charge in [0.25, 0.3) is 0 Å². The first kappa shape index (κ1) is 11.2. The van der Waals surface area contributed by atoms with E-state index in [9.17, 15) is 5.11 Å². The van der Waals surface area contributed by atoms with E-state index in [0.29, 0.717) is 0 Å². The molecule has 1 heterocycles. The number of rotatable bonds is 3. The lowest BCUT2D eigenvalue weighted by molar-refractivity contribution is 0.156. The fourth-order valence-corrected chi connectivity index (χ4v) is 1.72. The first-order valence-electron chi connectivity index (χ1n) is 5.03. The van der Waals surface area contributed by atoms with Gasteiger partial charge in [0, 0.05) is 11.9 Å². The van der Waals surface area contributed by atoms with Crippen molar-refractivity contribution in [1.29, 1.82) is 0 Å². The van der Waals surface area contributed by atoms with Gasteiger partial charge in [-0.15, -0.1) is 0 Å². The van der Waals surface area contributed by atoms with Crippen LogP contribution in [-0.4, -0.2) is 16.2 Å². The van der Waals surface area contributed by atoms with E-state index in [-0.39, 0.29) is 11.5 Å². The average molecular weight is 193 g/mol. The highest BCUT2D eigenvalue weighted by Crippen LogP contribution is 2.27. The lowest BCUT2D eigenvalue weighted by Crippen LogP contribution is -2.23. The highest BCUT2D eigenvalue weighted by Gasteiger charge is 2.22. The monoisotopic (exact) mass is 193 g/mol. The second kappa shape index (κ2) is 4.09. The van der Waals surface area contributed by atoms with Crippen LogP contribution in [0.2, 0.25) is 0 Å². The molecular weight excluding hydrogens is 174 g/mol. The van der Waals surface area contributed by atoms with Gasteiger partial charge in [0.05, 0.1) is 6.10 Å². The maximum Gasteiger partial charge on any atom is 0.0520 e. The van der Waals surface area contributed by atoms with Gasteiger partial charge in [0.1, 0.15) is 0 Å². The van der Waals surface area contributed by atoms with Gasteiger partial charge in [-0.1, -0.05) is 19.9 Å². The molecule has 1 unspecified atom stereocenters. The molecular formula is C12H19NO. The van der Waals surface area contributed by atoms with Crippen molar-refractivity contribution < 1.29 is 5.11 Å². The van der Waals surface area contributed by atoms with Gasteiger partial charge in [-0.2, -0.15) is 0 Å². The Morgan fingerprint density at radius 2 is 2.07 bits per heavy atom. The summed E-state index contributed by atoms with van der Waals surface area (Å²) < 4.78 is 0. The van der Waals surface area contributed by atoms with Crippen molar-refractivity contribution in [3.8, 4) is 0 Å². The minimum absolute atomic E-state index is 0.00509. The van der Waals surface area contributed by atoms with Gasteiger partial charge in [-0.3, -0.25) is 4.98 Å².